The number of fused-ring (bicyclic) bond motifs is 2. The van der Waals surface area contributed by atoms with Gasteiger partial charge in [-0.15, -0.1) is 0 Å². The van der Waals surface area contributed by atoms with Gasteiger partial charge in [-0.3, -0.25) is 4.98 Å². The van der Waals surface area contributed by atoms with E-state index in [1.54, 1.807) is 24.4 Å². The number of aromatic hydroxyl groups is 1. The summed E-state index contributed by atoms with van der Waals surface area (Å²) in [6.45, 7) is 0. The largest absolute Gasteiger partial charge is 0.508 e. The molecule has 104 valence electrons. The quantitative estimate of drug-likeness (QED) is 0.516. The monoisotopic (exact) mass is 279 g/mol. The Hall–Kier alpha value is -2.79. The van der Waals surface area contributed by atoms with E-state index in [9.17, 15) is 10.2 Å². The molecule has 0 fully saturated rings. The molecule has 1 atom stereocenters. The zero-order chi connectivity index (χ0) is 14.4. The standard InChI is InChI=1S/C16H13N3O2/c20-10-3-4-13-11(7-10)12(16(21)19-13)6-9-8-18-14-2-1-5-17-15(9)14/h1-8,16,18-21H. The number of hydrogen-bond donors (Lipinski definition) is 4. The van der Waals surface area contributed by atoms with E-state index in [4.69, 9.17) is 0 Å². The molecule has 4 N–H and O–H groups in total. The number of anilines is 1. The Morgan fingerprint density at radius 1 is 1.24 bits per heavy atom. The first-order chi connectivity index (χ1) is 10.2. The Balaban J connectivity index is 1.88. The molecule has 2 aromatic heterocycles. The van der Waals surface area contributed by atoms with Crippen molar-refractivity contribution in [2.24, 2.45) is 0 Å². The van der Waals surface area contributed by atoms with Crippen LogP contribution in [0.3, 0.4) is 0 Å². The van der Waals surface area contributed by atoms with Crippen LogP contribution in [0.1, 0.15) is 11.1 Å². The van der Waals surface area contributed by atoms with Gasteiger partial charge in [0, 0.05) is 34.8 Å². The summed E-state index contributed by atoms with van der Waals surface area (Å²) < 4.78 is 0. The molecule has 0 radical (unpaired) electrons. The number of aliphatic hydroxyl groups is 1. The van der Waals surface area contributed by atoms with Crippen molar-refractivity contribution in [3.63, 3.8) is 0 Å². The molecule has 0 saturated heterocycles. The van der Waals surface area contributed by atoms with E-state index in [1.807, 2.05) is 24.4 Å². The normalized spacial score (nSPS) is 18.9. The van der Waals surface area contributed by atoms with Gasteiger partial charge in [0.25, 0.3) is 0 Å². The minimum atomic E-state index is -0.796. The molecule has 0 spiro atoms. The van der Waals surface area contributed by atoms with Crippen LogP contribution in [0, 0.1) is 0 Å². The molecular formula is C16H13N3O2. The van der Waals surface area contributed by atoms with E-state index >= 15 is 0 Å². The van der Waals surface area contributed by atoms with Gasteiger partial charge in [0.2, 0.25) is 0 Å². The van der Waals surface area contributed by atoms with E-state index in [0.29, 0.717) is 5.57 Å². The molecule has 0 bridgehead atoms. The lowest BCUT2D eigenvalue weighted by atomic mass is 10.0. The van der Waals surface area contributed by atoms with Crippen molar-refractivity contribution in [1.82, 2.24) is 9.97 Å². The summed E-state index contributed by atoms with van der Waals surface area (Å²) in [5, 5.41) is 22.8. The third-order valence-electron chi connectivity index (χ3n) is 3.68. The van der Waals surface area contributed by atoms with Gasteiger partial charge >= 0.3 is 0 Å². The molecule has 1 aliphatic heterocycles. The van der Waals surface area contributed by atoms with Crippen LogP contribution in [-0.2, 0) is 0 Å². The van der Waals surface area contributed by atoms with Crippen molar-refractivity contribution < 1.29 is 10.2 Å². The van der Waals surface area contributed by atoms with Crippen LogP contribution in [0.2, 0.25) is 0 Å². The maximum atomic E-state index is 10.2. The number of aliphatic hydroxyl groups excluding tert-OH is 1. The average Bonchev–Trinajstić information content (AvgIpc) is 3.02. The minimum absolute atomic E-state index is 0.174. The summed E-state index contributed by atoms with van der Waals surface area (Å²) in [4.78, 5) is 7.51. The number of benzene rings is 1. The van der Waals surface area contributed by atoms with Gasteiger partial charge in [-0.25, -0.2) is 0 Å². The van der Waals surface area contributed by atoms with E-state index in [1.165, 1.54) is 0 Å². The first-order valence-electron chi connectivity index (χ1n) is 6.64. The highest BCUT2D eigenvalue weighted by Crippen LogP contribution is 2.38. The molecular weight excluding hydrogens is 266 g/mol. The van der Waals surface area contributed by atoms with Crippen LogP contribution >= 0.6 is 0 Å². The van der Waals surface area contributed by atoms with Crippen LogP contribution in [0.4, 0.5) is 5.69 Å². The molecule has 1 aliphatic rings. The highest BCUT2D eigenvalue weighted by atomic mass is 16.3. The van der Waals surface area contributed by atoms with Crippen molar-refractivity contribution in [3.05, 3.63) is 53.9 Å². The van der Waals surface area contributed by atoms with Gasteiger partial charge in [0.05, 0.1) is 11.0 Å². The van der Waals surface area contributed by atoms with Crippen molar-refractivity contribution >= 4 is 28.4 Å². The van der Waals surface area contributed by atoms with Gasteiger partial charge in [-0.05, 0) is 36.4 Å². The molecule has 4 rings (SSSR count). The summed E-state index contributed by atoms with van der Waals surface area (Å²) in [7, 11) is 0. The molecule has 1 aromatic carbocycles. The SMILES string of the molecule is Oc1ccc2c(c1)C(=Cc1c[nH]c3cccnc13)C(O)N2. The topological polar surface area (TPSA) is 81.2 Å². The third-order valence-corrected chi connectivity index (χ3v) is 3.68. The second-order valence-corrected chi connectivity index (χ2v) is 5.02. The van der Waals surface area contributed by atoms with Gasteiger partial charge < -0.3 is 20.5 Å². The highest BCUT2D eigenvalue weighted by Gasteiger charge is 2.25. The molecule has 1 unspecified atom stereocenters. The lowest BCUT2D eigenvalue weighted by Gasteiger charge is -2.04. The highest BCUT2D eigenvalue weighted by molar-refractivity contribution is 5.98. The lowest BCUT2D eigenvalue weighted by Crippen LogP contribution is -2.12. The predicted octanol–water partition coefficient (Wildman–Crippen LogP) is 2.55. The molecule has 0 amide bonds. The second kappa shape index (κ2) is 4.36. The summed E-state index contributed by atoms with van der Waals surface area (Å²) in [5.41, 5.74) is 5.02. The Morgan fingerprint density at radius 2 is 2.14 bits per heavy atom. The number of H-pyrrole nitrogens is 1. The number of nitrogens with one attached hydrogen (secondary N) is 2. The average molecular weight is 279 g/mol. The maximum absolute atomic E-state index is 10.2. The zero-order valence-corrected chi connectivity index (χ0v) is 11.0. The van der Waals surface area contributed by atoms with Crippen LogP contribution < -0.4 is 5.32 Å². The van der Waals surface area contributed by atoms with Crippen LogP contribution in [-0.4, -0.2) is 26.4 Å². The Morgan fingerprint density at radius 3 is 3.05 bits per heavy atom. The number of phenolic OH excluding ortho intramolecular Hbond substituents is 1. The van der Waals surface area contributed by atoms with Crippen molar-refractivity contribution in [1.29, 1.82) is 0 Å². The molecule has 0 saturated carbocycles. The van der Waals surface area contributed by atoms with Crippen LogP contribution in [0.25, 0.3) is 22.7 Å². The number of aromatic amines is 1. The smallest absolute Gasteiger partial charge is 0.151 e. The molecule has 21 heavy (non-hydrogen) atoms. The fourth-order valence-electron chi connectivity index (χ4n) is 2.68. The van der Waals surface area contributed by atoms with E-state index in [-0.39, 0.29) is 5.75 Å². The number of hydrogen-bond acceptors (Lipinski definition) is 4. The first kappa shape index (κ1) is 12.0. The van der Waals surface area contributed by atoms with Gasteiger partial charge in [-0.1, -0.05) is 0 Å². The van der Waals surface area contributed by atoms with Gasteiger partial charge in [-0.2, -0.15) is 0 Å². The summed E-state index contributed by atoms with van der Waals surface area (Å²) in [6.07, 6.45) is 4.68. The fourth-order valence-corrected chi connectivity index (χ4v) is 2.68. The maximum Gasteiger partial charge on any atom is 0.151 e. The number of aromatic nitrogens is 2. The van der Waals surface area contributed by atoms with Crippen molar-refractivity contribution in [2.75, 3.05) is 5.32 Å². The van der Waals surface area contributed by atoms with Crippen molar-refractivity contribution in [2.45, 2.75) is 6.23 Å². The lowest BCUT2D eigenvalue weighted by molar-refractivity contribution is 0.266. The van der Waals surface area contributed by atoms with Crippen molar-refractivity contribution in [3.8, 4) is 5.75 Å². The molecule has 5 nitrogen and oxygen atoms in total. The second-order valence-electron chi connectivity index (χ2n) is 5.02. The minimum Gasteiger partial charge on any atom is -0.508 e. The number of phenols is 1. The number of pyridine rings is 1. The summed E-state index contributed by atoms with van der Waals surface area (Å²) in [6, 6.07) is 8.81. The molecule has 5 heteroatoms. The predicted molar refractivity (Wildman–Crippen MR) is 81.7 cm³/mol. The Kier molecular flexibility index (Phi) is 2.49. The van der Waals surface area contributed by atoms with Gasteiger partial charge in [0.15, 0.2) is 6.23 Å². The first-order valence-corrected chi connectivity index (χ1v) is 6.64. The molecule has 3 heterocycles. The zero-order valence-electron chi connectivity index (χ0n) is 11.0. The van der Waals surface area contributed by atoms with E-state index in [2.05, 4.69) is 15.3 Å². The number of rotatable bonds is 1. The summed E-state index contributed by atoms with van der Waals surface area (Å²) in [5.74, 6) is 0.174. The Labute approximate surface area is 120 Å². The van der Waals surface area contributed by atoms with Crippen LogP contribution in [0.5, 0.6) is 5.75 Å². The number of nitrogens with zero attached hydrogens (tertiary/aromatic N) is 1. The van der Waals surface area contributed by atoms with Crippen LogP contribution in [0.15, 0.2) is 42.7 Å². The van der Waals surface area contributed by atoms with E-state index < -0.39 is 6.23 Å². The Bertz CT molecular complexity index is 867. The third kappa shape index (κ3) is 1.86. The fraction of sp³-hybridized carbons (Fsp3) is 0.0625. The molecule has 0 aliphatic carbocycles. The van der Waals surface area contributed by atoms with E-state index in [0.717, 1.165) is 27.8 Å². The summed E-state index contributed by atoms with van der Waals surface area (Å²) >= 11 is 0. The van der Waals surface area contributed by atoms with Gasteiger partial charge in [0.1, 0.15) is 5.75 Å². The molecule has 3 aromatic rings.